The predicted octanol–water partition coefficient (Wildman–Crippen LogP) is 3.76. The molecule has 0 spiro atoms. The van der Waals surface area contributed by atoms with Gasteiger partial charge >= 0.3 is 0 Å². The topological polar surface area (TPSA) is 37.4 Å². The van der Waals surface area contributed by atoms with Crippen molar-refractivity contribution < 1.29 is 9.59 Å². The zero-order valence-corrected chi connectivity index (χ0v) is 15.0. The third-order valence-corrected chi connectivity index (χ3v) is 13.2. The van der Waals surface area contributed by atoms with Gasteiger partial charge in [0.1, 0.15) is 0 Å². The van der Waals surface area contributed by atoms with Crippen molar-refractivity contribution in [2.24, 2.45) is 11.8 Å². The summed E-state index contributed by atoms with van der Waals surface area (Å²) in [6.07, 6.45) is 3.88. The number of carbonyl (C=O) groups is 2. The molecule has 0 N–H and O–H groups in total. The zero-order chi connectivity index (χ0) is 16.1. The molecule has 0 radical (unpaired) electrons. The molecule has 22 heavy (non-hydrogen) atoms. The summed E-state index contributed by atoms with van der Waals surface area (Å²) in [6, 6.07) is 3.82. The molecular weight excluding hydrogens is 290 g/mol. The molecule has 2 amide bonds. The number of hydrogen-bond acceptors (Lipinski definition) is 2. The van der Waals surface area contributed by atoms with E-state index in [1.165, 1.54) is 23.0 Å². The number of hydrogen-bond donors (Lipinski definition) is 0. The zero-order valence-electron chi connectivity index (χ0n) is 14.0. The van der Waals surface area contributed by atoms with Crippen molar-refractivity contribution in [1.29, 1.82) is 0 Å². The summed E-state index contributed by atoms with van der Waals surface area (Å²) >= 11 is 0. The Kier molecular flexibility index (Phi) is 3.92. The number of nitrogens with zero attached hydrogens (tertiary/aromatic N) is 1. The molecule has 2 atom stereocenters. The molecule has 2 aliphatic carbocycles. The summed E-state index contributed by atoms with van der Waals surface area (Å²) in [5, 5.41) is 0. The van der Waals surface area contributed by atoms with Crippen LogP contribution >= 0.6 is 0 Å². The summed E-state index contributed by atoms with van der Waals surface area (Å²) in [5.41, 5.74) is 2.44. The molecule has 3 aliphatic rings. The van der Waals surface area contributed by atoms with Gasteiger partial charge in [0.2, 0.25) is 0 Å². The molecule has 1 saturated carbocycles. The minimum Gasteiger partial charge on any atom is -0.271 e. The maximum Gasteiger partial charge on any atom is 0.257 e. The van der Waals surface area contributed by atoms with Gasteiger partial charge in [-0.15, -0.1) is 6.58 Å². The van der Waals surface area contributed by atoms with Gasteiger partial charge in [0.25, 0.3) is 11.8 Å². The summed E-state index contributed by atoms with van der Waals surface area (Å²) < 4.78 is 0. The standard InChI is InChI=1S/C18H27NO2Si/c1-5-11-19-17(20)14-12-9-10-13(15(14)18(19)21)16(12)22(6-2,7-3)8-4/h5,12-13,16H,1,6-11H2,2-4H3. The van der Waals surface area contributed by atoms with Gasteiger partial charge in [-0.25, -0.2) is 0 Å². The smallest absolute Gasteiger partial charge is 0.257 e. The quantitative estimate of drug-likeness (QED) is 0.425. The predicted molar refractivity (Wildman–Crippen MR) is 91.1 cm³/mol. The first kappa shape index (κ1) is 15.7. The molecule has 4 heteroatoms. The van der Waals surface area contributed by atoms with Crippen LogP contribution in [0, 0.1) is 11.8 Å². The Balaban J connectivity index is 1.98. The maximum absolute atomic E-state index is 12.7. The number of amides is 2. The molecule has 120 valence electrons. The Morgan fingerprint density at radius 1 is 1.05 bits per heavy atom. The van der Waals surface area contributed by atoms with Crippen molar-refractivity contribution in [1.82, 2.24) is 4.90 Å². The summed E-state index contributed by atoms with van der Waals surface area (Å²) in [5.74, 6) is 0.724. The monoisotopic (exact) mass is 317 g/mol. The van der Waals surface area contributed by atoms with Crippen LogP contribution in [0.2, 0.25) is 23.7 Å². The van der Waals surface area contributed by atoms with Gasteiger partial charge in [-0.1, -0.05) is 45.0 Å². The second-order valence-corrected chi connectivity index (χ2v) is 12.6. The van der Waals surface area contributed by atoms with Gasteiger partial charge in [0.15, 0.2) is 0 Å². The third-order valence-electron chi connectivity index (χ3n) is 6.77. The van der Waals surface area contributed by atoms with E-state index in [2.05, 4.69) is 27.4 Å². The van der Waals surface area contributed by atoms with Crippen LogP contribution in [0.4, 0.5) is 0 Å². The first-order valence-electron chi connectivity index (χ1n) is 8.77. The van der Waals surface area contributed by atoms with Crippen LogP contribution in [0.15, 0.2) is 23.8 Å². The summed E-state index contributed by atoms with van der Waals surface area (Å²) in [7, 11) is -1.40. The van der Waals surface area contributed by atoms with E-state index in [4.69, 9.17) is 0 Å². The van der Waals surface area contributed by atoms with E-state index >= 15 is 0 Å². The molecule has 0 aromatic heterocycles. The number of likely N-dealkylation sites (tertiary alicyclic amines) is 1. The molecule has 0 aromatic rings. The van der Waals surface area contributed by atoms with Gasteiger partial charge in [-0.05, 0) is 30.2 Å². The van der Waals surface area contributed by atoms with Crippen molar-refractivity contribution >= 4 is 19.9 Å². The Hall–Kier alpha value is -1.16. The van der Waals surface area contributed by atoms with Crippen LogP contribution in [0.1, 0.15) is 33.6 Å². The second kappa shape index (κ2) is 5.48. The highest BCUT2D eigenvalue weighted by Crippen LogP contribution is 2.63. The summed E-state index contributed by atoms with van der Waals surface area (Å²) in [6.45, 7) is 11.0. The van der Waals surface area contributed by atoms with Gasteiger partial charge < -0.3 is 0 Å². The molecule has 2 unspecified atom stereocenters. The average molecular weight is 318 g/mol. The Labute approximate surface area is 134 Å². The van der Waals surface area contributed by atoms with Crippen LogP contribution in [-0.4, -0.2) is 31.3 Å². The number of fused-ring (bicyclic) bond motifs is 4. The second-order valence-electron chi connectivity index (χ2n) is 7.08. The molecule has 0 saturated heterocycles. The van der Waals surface area contributed by atoms with Crippen molar-refractivity contribution in [2.45, 2.75) is 57.3 Å². The van der Waals surface area contributed by atoms with E-state index in [1.807, 2.05) is 0 Å². The van der Waals surface area contributed by atoms with Gasteiger partial charge in [0, 0.05) is 17.7 Å². The van der Waals surface area contributed by atoms with E-state index in [9.17, 15) is 9.59 Å². The van der Waals surface area contributed by atoms with Crippen LogP contribution in [0.25, 0.3) is 0 Å². The lowest BCUT2D eigenvalue weighted by atomic mass is 9.93. The minimum absolute atomic E-state index is 0.0108. The fraction of sp³-hybridized carbons (Fsp3) is 0.667. The van der Waals surface area contributed by atoms with Gasteiger partial charge in [0.05, 0.1) is 8.07 Å². The third kappa shape index (κ3) is 1.79. The van der Waals surface area contributed by atoms with Crippen LogP contribution in [0.5, 0.6) is 0 Å². The number of rotatable bonds is 6. The molecule has 0 aromatic carbocycles. The normalized spacial score (nSPS) is 30.5. The van der Waals surface area contributed by atoms with Crippen LogP contribution < -0.4 is 0 Å². The lowest BCUT2D eigenvalue weighted by Crippen LogP contribution is -2.43. The van der Waals surface area contributed by atoms with Crippen LogP contribution in [0.3, 0.4) is 0 Å². The van der Waals surface area contributed by atoms with E-state index in [1.54, 1.807) is 6.08 Å². The molecule has 3 rings (SSSR count). The van der Waals surface area contributed by atoms with Crippen molar-refractivity contribution in [3.05, 3.63) is 23.8 Å². The maximum atomic E-state index is 12.7. The highest BCUT2D eigenvalue weighted by Gasteiger charge is 2.61. The highest BCUT2D eigenvalue weighted by atomic mass is 28.3. The molecular formula is C18H27NO2Si. The average Bonchev–Trinajstić information content (AvgIpc) is 3.17. The SMILES string of the molecule is C=CCN1C(=O)C2=C(C1=O)C1CCC2C1[Si](CC)(CC)CC. The molecule has 2 bridgehead atoms. The van der Waals surface area contributed by atoms with Gasteiger partial charge in [-0.3, -0.25) is 14.5 Å². The van der Waals surface area contributed by atoms with Crippen molar-refractivity contribution in [3.63, 3.8) is 0 Å². The minimum atomic E-state index is -1.40. The highest BCUT2D eigenvalue weighted by molar-refractivity contribution is 6.81. The van der Waals surface area contributed by atoms with E-state index in [0.29, 0.717) is 23.9 Å². The molecule has 1 heterocycles. The Bertz CT molecular complexity index is 519. The van der Waals surface area contributed by atoms with Gasteiger partial charge in [-0.2, -0.15) is 0 Å². The molecule has 3 nitrogen and oxygen atoms in total. The van der Waals surface area contributed by atoms with E-state index < -0.39 is 8.07 Å². The number of carbonyl (C=O) groups excluding carboxylic acids is 2. The van der Waals surface area contributed by atoms with E-state index in [-0.39, 0.29) is 11.8 Å². The van der Waals surface area contributed by atoms with Crippen LogP contribution in [-0.2, 0) is 9.59 Å². The fourth-order valence-corrected chi connectivity index (χ4v) is 10.9. The Morgan fingerprint density at radius 2 is 1.50 bits per heavy atom. The van der Waals surface area contributed by atoms with Crippen molar-refractivity contribution in [2.75, 3.05) is 6.54 Å². The molecule has 1 fully saturated rings. The fourth-order valence-electron chi connectivity index (χ4n) is 5.58. The first-order chi connectivity index (χ1) is 10.6. The number of imide groups is 1. The first-order valence-corrected chi connectivity index (χ1v) is 11.5. The molecule has 1 aliphatic heterocycles. The van der Waals surface area contributed by atoms with Crippen molar-refractivity contribution in [3.8, 4) is 0 Å². The lowest BCUT2D eigenvalue weighted by Gasteiger charge is -2.39. The van der Waals surface area contributed by atoms with E-state index in [0.717, 1.165) is 24.0 Å². The lowest BCUT2D eigenvalue weighted by molar-refractivity contribution is -0.137. The largest absolute Gasteiger partial charge is 0.271 e. The summed E-state index contributed by atoms with van der Waals surface area (Å²) in [4.78, 5) is 26.9. The Morgan fingerprint density at radius 3 is 1.86 bits per heavy atom.